The van der Waals surface area contributed by atoms with Crippen LogP contribution in [-0.4, -0.2) is 70.9 Å². The molecule has 0 unspecified atom stereocenters. The lowest BCUT2D eigenvalue weighted by molar-refractivity contribution is -0.380. The van der Waals surface area contributed by atoms with Crippen molar-refractivity contribution < 1.29 is 36.2 Å². The van der Waals surface area contributed by atoms with E-state index in [1.54, 1.807) is 24.3 Å². The number of anilines is 3. The van der Waals surface area contributed by atoms with Crippen LogP contribution in [-0.2, 0) is 19.0 Å². The number of ether oxygens (including phenoxy) is 1. The van der Waals surface area contributed by atoms with Gasteiger partial charge in [-0.2, -0.15) is 8.42 Å². The van der Waals surface area contributed by atoms with Gasteiger partial charge >= 0.3 is 27.3 Å². The van der Waals surface area contributed by atoms with Gasteiger partial charge in [0.15, 0.2) is 0 Å². The van der Waals surface area contributed by atoms with Gasteiger partial charge in [-0.15, -0.1) is 0 Å². The molecule has 5 rings (SSSR count). The Kier molecular flexibility index (Phi) is 7.94. The van der Waals surface area contributed by atoms with E-state index >= 15 is 4.39 Å². The van der Waals surface area contributed by atoms with Gasteiger partial charge in [0.05, 0.1) is 34.4 Å². The SMILES string of the molecule is O=C(NC[C@@H]1CN(c2ccc(N3CCN(c4ccc([N+](=O)[O-])s4)CC3)c(F)c2)C(=O)O1)OS(=O)(=O)c1ccccc1. The molecule has 16 heteroatoms. The van der Waals surface area contributed by atoms with Crippen LogP contribution in [0.5, 0.6) is 0 Å². The van der Waals surface area contributed by atoms with Crippen LogP contribution in [0, 0.1) is 15.9 Å². The summed E-state index contributed by atoms with van der Waals surface area (Å²) in [6, 6.07) is 14.7. The Balaban J connectivity index is 1.14. The summed E-state index contributed by atoms with van der Waals surface area (Å²) in [4.78, 5) is 39.9. The number of thiophene rings is 1. The zero-order valence-electron chi connectivity index (χ0n) is 21.3. The van der Waals surface area contributed by atoms with Crippen LogP contribution in [0.2, 0.25) is 0 Å². The minimum atomic E-state index is -4.31. The maximum absolute atomic E-state index is 15.1. The van der Waals surface area contributed by atoms with Gasteiger partial charge in [0, 0.05) is 32.2 Å². The fourth-order valence-electron chi connectivity index (χ4n) is 4.47. The Morgan fingerprint density at radius 3 is 2.46 bits per heavy atom. The highest BCUT2D eigenvalue weighted by molar-refractivity contribution is 7.87. The van der Waals surface area contributed by atoms with Gasteiger partial charge in [0.25, 0.3) is 0 Å². The Labute approximate surface area is 237 Å². The van der Waals surface area contributed by atoms with Crippen molar-refractivity contribution in [2.45, 2.75) is 11.0 Å². The number of halogens is 1. The number of amides is 2. The van der Waals surface area contributed by atoms with E-state index in [0.717, 1.165) is 16.3 Å². The van der Waals surface area contributed by atoms with Crippen LogP contribution >= 0.6 is 11.3 Å². The Morgan fingerprint density at radius 1 is 1.10 bits per heavy atom. The second-order valence-corrected chi connectivity index (χ2v) is 11.7. The van der Waals surface area contributed by atoms with Gasteiger partial charge in [0.1, 0.15) is 16.8 Å². The number of benzene rings is 2. The van der Waals surface area contributed by atoms with Crippen LogP contribution in [0.4, 0.5) is 35.4 Å². The van der Waals surface area contributed by atoms with Gasteiger partial charge in [-0.25, -0.2) is 14.0 Å². The molecular formula is C25H24FN5O8S2. The summed E-state index contributed by atoms with van der Waals surface area (Å²) in [6.07, 6.45) is -2.79. The summed E-state index contributed by atoms with van der Waals surface area (Å²) in [7, 11) is -4.31. The number of nitro groups is 1. The molecule has 3 aromatic rings. The zero-order valence-corrected chi connectivity index (χ0v) is 23.0. The van der Waals surface area contributed by atoms with Crippen LogP contribution in [0.3, 0.4) is 0 Å². The quantitative estimate of drug-likeness (QED) is 0.229. The standard InChI is InChI=1S/C25H24FN5O8S2/c26-20-14-17(6-7-21(20)28-10-12-29(13-11-28)22-8-9-23(40-22)31(34)35)30-16-18(38-25(30)33)15-27-24(32)39-41(36,37)19-4-2-1-3-5-19/h1-9,14,18H,10-13,15-16H2,(H,27,32)/t18-/m1/s1. The maximum atomic E-state index is 15.1. The molecule has 2 amide bonds. The number of hydrogen-bond donors (Lipinski definition) is 1. The molecule has 2 saturated heterocycles. The van der Waals surface area contributed by atoms with E-state index in [1.807, 2.05) is 9.80 Å². The molecule has 2 aliphatic rings. The molecule has 0 spiro atoms. The smallest absolute Gasteiger partial charge is 0.423 e. The summed E-state index contributed by atoms with van der Waals surface area (Å²) in [5, 5.41) is 14.1. The average molecular weight is 606 g/mol. The van der Waals surface area contributed by atoms with Crippen LogP contribution < -0.4 is 20.0 Å². The number of nitrogens with zero attached hydrogens (tertiary/aromatic N) is 4. The van der Waals surface area contributed by atoms with Crippen molar-refractivity contribution in [1.82, 2.24) is 5.32 Å². The molecule has 0 bridgehead atoms. The lowest BCUT2D eigenvalue weighted by Crippen LogP contribution is -2.46. The molecule has 0 aliphatic carbocycles. The van der Waals surface area contributed by atoms with Crippen LogP contribution in [0.1, 0.15) is 0 Å². The van der Waals surface area contributed by atoms with Gasteiger partial charge in [-0.1, -0.05) is 18.2 Å². The average Bonchev–Trinajstić information content (AvgIpc) is 3.60. The third-order valence-corrected chi connectivity index (χ3v) is 8.82. The van der Waals surface area contributed by atoms with Crippen LogP contribution in [0.25, 0.3) is 0 Å². The minimum absolute atomic E-state index is 0.00500. The first-order valence-electron chi connectivity index (χ1n) is 12.4. The van der Waals surface area contributed by atoms with Crippen molar-refractivity contribution in [3.63, 3.8) is 0 Å². The lowest BCUT2D eigenvalue weighted by Gasteiger charge is -2.36. The third kappa shape index (κ3) is 6.33. The summed E-state index contributed by atoms with van der Waals surface area (Å²) in [5.74, 6) is -0.535. The second-order valence-electron chi connectivity index (χ2n) is 9.11. The van der Waals surface area contributed by atoms with Crippen molar-refractivity contribution >= 4 is 55.0 Å². The highest BCUT2D eigenvalue weighted by Crippen LogP contribution is 2.33. The highest BCUT2D eigenvalue weighted by atomic mass is 32.2. The Hall–Kier alpha value is -4.44. The molecular weight excluding hydrogens is 581 g/mol. The lowest BCUT2D eigenvalue weighted by atomic mass is 10.2. The number of nitrogens with one attached hydrogen (secondary N) is 1. The molecule has 2 aromatic carbocycles. The fraction of sp³-hybridized carbons (Fsp3) is 0.280. The van der Waals surface area contributed by atoms with E-state index in [1.165, 1.54) is 41.3 Å². The van der Waals surface area contributed by atoms with E-state index < -0.39 is 39.1 Å². The number of piperazine rings is 1. The van der Waals surface area contributed by atoms with E-state index in [2.05, 4.69) is 9.50 Å². The highest BCUT2D eigenvalue weighted by Gasteiger charge is 2.34. The summed E-state index contributed by atoms with van der Waals surface area (Å²) in [5.41, 5.74) is 0.622. The summed E-state index contributed by atoms with van der Waals surface area (Å²) >= 11 is 1.10. The molecule has 41 heavy (non-hydrogen) atoms. The van der Waals surface area contributed by atoms with Crippen LogP contribution in [0.15, 0.2) is 65.6 Å². The van der Waals surface area contributed by atoms with Crippen molar-refractivity contribution in [2.24, 2.45) is 0 Å². The molecule has 13 nitrogen and oxygen atoms in total. The topological polar surface area (TPSA) is 152 Å². The number of hydrogen-bond acceptors (Lipinski definition) is 11. The normalized spacial score (nSPS) is 17.3. The van der Waals surface area contributed by atoms with E-state index in [4.69, 9.17) is 4.74 Å². The summed E-state index contributed by atoms with van der Waals surface area (Å²) < 4.78 is 49.2. The predicted molar refractivity (Wildman–Crippen MR) is 148 cm³/mol. The molecule has 0 saturated carbocycles. The van der Waals surface area contributed by atoms with Crippen molar-refractivity contribution in [2.75, 3.05) is 54.0 Å². The third-order valence-electron chi connectivity index (χ3n) is 6.50. The summed E-state index contributed by atoms with van der Waals surface area (Å²) in [6.45, 7) is 1.88. The first kappa shape index (κ1) is 28.1. The number of cyclic esters (lactones) is 1. The number of rotatable bonds is 8. The first-order valence-corrected chi connectivity index (χ1v) is 14.6. The zero-order chi connectivity index (χ0) is 29.1. The van der Waals surface area contributed by atoms with Crippen molar-refractivity contribution in [3.05, 3.63) is 76.6 Å². The predicted octanol–water partition coefficient (Wildman–Crippen LogP) is 3.56. The number of carbonyl (C=O) groups is 2. The molecule has 0 radical (unpaired) electrons. The largest absolute Gasteiger partial charge is 0.442 e. The second kappa shape index (κ2) is 11.6. The van der Waals surface area contributed by atoms with Gasteiger partial charge in [0.2, 0.25) is 0 Å². The van der Waals surface area contributed by atoms with E-state index in [0.29, 0.717) is 31.9 Å². The molecule has 1 N–H and O–H groups in total. The Morgan fingerprint density at radius 2 is 1.80 bits per heavy atom. The molecule has 2 fully saturated rings. The monoisotopic (exact) mass is 605 g/mol. The first-order chi connectivity index (χ1) is 19.6. The van der Waals surface area contributed by atoms with Gasteiger partial charge < -0.3 is 24.0 Å². The van der Waals surface area contributed by atoms with Crippen molar-refractivity contribution in [1.29, 1.82) is 0 Å². The Bertz CT molecular complexity index is 1560. The molecule has 3 heterocycles. The molecule has 216 valence electrons. The van der Waals surface area contributed by atoms with Crippen molar-refractivity contribution in [3.8, 4) is 0 Å². The van der Waals surface area contributed by atoms with E-state index in [9.17, 15) is 28.1 Å². The fourth-order valence-corrected chi connectivity index (χ4v) is 6.19. The molecule has 2 aliphatic heterocycles. The van der Waals surface area contributed by atoms with E-state index in [-0.39, 0.29) is 28.7 Å². The number of carbonyl (C=O) groups excluding carboxylic acids is 2. The minimum Gasteiger partial charge on any atom is -0.442 e. The van der Waals surface area contributed by atoms with Gasteiger partial charge in [-0.3, -0.25) is 15.0 Å². The molecule has 1 atom stereocenters. The maximum Gasteiger partial charge on any atom is 0.423 e. The van der Waals surface area contributed by atoms with Gasteiger partial charge in [-0.05, 0) is 47.7 Å². The molecule has 1 aromatic heterocycles.